The van der Waals surface area contributed by atoms with Crippen molar-refractivity contribution in [3.05, 3.63) is 12.0 Å². The maximum absolute atomic E-state index is 5.30. The molecule has 0 bridgehead atoms. The first-order chi connectivity index (χ1) is 5.24. The molecule has 5 heteroatoms. The topological polar surface area (TPSA) is 79.4 Å². The van der Waals surface area contributed by atoms with Gasteiger partial charge in [-0.15, -0.1) is 0 Å². The Morgan fingerprint density at radius 3 is 3.00 bits per heavy atom. The number of nitrogens with one attached hydrogen (secondary N) is 1. The molecule has 0 aromatic carbocycles. The van der Waals surface area contributed by atoms with Crippen LogP contribution >= 0.6 is 0 Å². The third kappa shape index (κ3) is 1.64. The molecule has 0 saturated heterocycles. The van der Waals surface area contributed by atoms with Crippen LogP contribution in [0.2, 0.25) is 0 Å². The van der Waals surface area contributed by atoms with Crippen molar-refractivity contribution in [2.45, 2.75) is 6.92 Å². The van der Waals surface area contributed by atoms with Gasteiger partial charge in [0.05, 0.1) is 12.0 Å². The fourth-order valence-electron chi connectivity index (χ4n) is 0.608. The smallest absolute Gasteiger partial charge is 0.221 e. The number of nitrogens with zero attached hydrogens (tertiary/aromatic N) is 3. The van der Waals surface area contributed by atoms with Gasteiger partial charge in [0.25, 0.3) is 0 Å². The summed E-state index contributed by atoms with van der Waals surface area (Å²) in [5.74, 6) is 0.676. The Bertz CT molecular complexity index is 285. The molecule has 0 saturated carbocycles. The van der Waals surface area contributed by atoms with E-state index in [9.17, 15) is 0 Å². The molecular formula is C6H9N5. The van der Waals surface area contributed by atoms with Crippen molar-refractivity contribution in [3.63, 3.8) is 0 Å². The number of rotatable bonds is 1. The van der Waals surface area contributed by atoms with E-state index < -0.39 is 0 Å². The highest BCUT2D eigenvalue weighted by molar-refractivity contribution is 5.84. The Labute approximate surface area is 64.1 Å². The summed E-state index contributed by atoms with van der Waals surface area (Å²) in [5, 5.41) is 0. The average Bonchev–Trinajstić information content (AvgIpc) is 2.37. The maximum Gasteiger partial charge on any atom is 0.221 e. The van der Waals surface area contributed by atoms with Crippen molar-refractivity contribution < 1.29 is 0 Å². The molecule has 0 amide bonds. The standard InChI is InChI=1S/C6H9N5/c1-4-5(10-3-9-4)11-6(7)8-2/h3H,2H2,1H3,(H2,7,11)(H,9,10). The van der Waals surface area contributed by atoms with Crippen LogP contribution in [0.4, 0.5) is 5.82 Å². The van der Waals surface area contributed by atoms with Gasteiger partial charge in [-0.2, -0.15) is 4.99 Å². The summed E-state index contributed by atoms with van der Waals surface area (Å²) < 4.78 is 0. The molecule has 11 heavy (non-hydrogen) atoms. The normalized spacial score (nSPS) is 11.5. The molecule has 0 aliphatic rings. The summed E-state index contributed by atoms with van der Waals surface area (Å²) in [4.78, 5) is 14.0. The number of aromatic nitrogens is 2. The molecule has 0 atom stereocenters. The number of H-pyrrole nitrogens is 1. The lowest BCUT2D eigenvalue weighted by atomic mass is 10.5. The zero-order valence-corrected chi connectivity index (χ0v) is 6.20. The lowest BCUT2D eigenvalue weighted by Gasteiger charge is -1.89. The molecule has 0 aliphatic heterocycles. The number of guanidine groups is 1. The molecule has 0 aliphatic carbocycles. The summed E-state index contributed by atoms with van der Waals surface area (Å²) in [6, 6.07) is 0. The first kappa shape index (κ1) is 7.46. The minimum absolute atomic E-state index is 0.125. The van der Waals surface area contributed by atoms with Gasteiger partial charge in [0, 0.05) is 0 Å². The van der Waals surface area contributed by atoms with Crippen molar-refractivity contribution >= 4 is 18.5 Å². The second-order valence-corrected chi connectivity index (χ2v) is 1.98. The summed E-state index contributed by atoms with van der Waals surface area (Å²) in [6.45, 7) is 5.08. The van der Waals surface area contributed by atoms with Gasteiger partial charge in [0.2, 0.25) is 5.96 Å². The molecule has 3 N–H and O–H groups in total. The van der Waals surface area contributed by atoms with Crippen LogP contribution in [-0.2, 0) is 0 Å². The summed E-state index contributed by atoms with van der Waals surface area (Å²) in [6.07, 6.45) is 1.55. The van der Waals surface area contributed by atoms with Crippen LogP contribution in [0.25, 0.3) is 0 Å². The Morgan fingerprint density at radius 2 is 2.55 bits per heavy atom. The summed E-state index contributed by atoms with van der Waals surface area (Å²) in [5.41, 5.74) is 6.16. The lowest BCUT2D eigenvalue weighted by molar-refractivity contribution is 1.25. The first-order valence-corrected chi connectivity index (χ1v) is 3.05. The highest BCUT2D eigenvalue weighted by Crippen LogP contribution is 2.10. The van der Waals surface area contributed by atoms with Crippen LogP contribution in [0.1, 0.15) is 5.69 Å². The Hall–Kier alpha value is -1.65. The van der Waals surface area contributed by atoms with Gasteiger partial charge in [-0.25, -0.2) is 9.98 Å². The predicted molar refractivity (Wildman–Crippen MR) is 44.2 cm³/mol. The number of aryl methyl sites for hydroxylation is 1. The first-order valence-electron chi connectivity index (χ1n) is 3.05. The van der Waals surface area contributed by atoms with Gasteiger partial charge in [0.1, 0.15) is 0 Å². The minimum Gasteiger partial charge on any atom is -0.368 e. The highest BCUT2D eigenvalue weighted by Gasteiger charge is 1.97. The van der Waals surface area contributed by atoms with Crippen LogP contribution in [-0.4, -0.2) is 22.6 Å². The van der Waals surface area contributed by atoms with Crippen molar-refractivity contribution in [2.75, 3.05) is 0 Å². The zero-order chi connectivity index (χ0) is 8.27. The van der Waals surface area contributed by atoms with Crippen LogP contribution in [0.5, 0.6) is 0 Å². The number of nitrogens with two attached hydrogens (primary N) is 1. The van der Waals surface area contributed by atoms with Crippen molar-refractivity contribution in [1.82, 2.24) is 9.97 Å². The third-order valence-corrected chi connectivity index (χ3v) is 1.19. The van der Waals surface area contributed by atoms with Gasteiger partial charge >= 0.3 is 0 Å². The minimum atomic E-state index is 0.125. The van der Waals surface area contributed by atoms with E-state index in [0.29, 0.717) is 5.82 Å². The molecule has 1 aromatic heterocycles. The SMILES string of the molecule is C=N/C(N)=N\c1nc[nH]c1C. The van der Waals surface area contributed by atoms with Crippen molar-refractivity contribution in [1.29, 1.82) is 0 Å². The molecule has 1 aromatic rings. The summed E-state index contributed by atoms with van der Waals surface area (Å²) in [7, 11) is 0. The fourth-order valence-corrected chi connectivity index (χ4v) is 0.608. The number of imidazole rings is 1. The van der Waals surface area contributed by atoms with E-state index in [1.807, 2.05) is 6.92 Å². The fraction of sp³-hybridized carbons (Fsp3) is 0.167. The maximum atomic E-state index is 5.30. The van der Waals surface area contributed by atoms with Gasteiger partial charge in [-0.3, -0.25) is 0 Å². The van der Waals surface area contributed by atoms with Crippen molar-refractivity contribution in [3.8, 4) is 0 Å². The molecule has 0 unspecified atom stereocenters. The van der Waals surface area contributed by atoms with E-state index in [4.69, 9.17) is 5.73 Å². The lowest BCUT2D eigenvalue weighted by Crippen LogP contribution is -2.06. The molecule has 1 heterocycles. The van der Waals surface area contributed by atoms with E-state index in [0.717, 1.165) is 5.69 Å². The van der Waals surface area contributed by atoms with Crippen LogP contribution in [0.15, 0.2) is 16.3 Å². The van der Waals surface area contributed by atoms with Crippen LogP contribution in [0, 0.1) is 6.92 Å². The summed E-state index contributed by atoms with van der Waals surface area (Å²) >= 11 is 0. The monoisotopic (exact) mass is 151 g/mol. The molecule has 0 radical (unpaired) electrons. The van der Waals surface area contributed by atoms with E-state index in [-0.39, 0.29) is 5.96 Å². The van der Waals surface area contributed by atoms with Gasteiger partial charge in [-0.05, 0) is 13.6 Å². The number of hydrogen-bond acceptors (Lipinski definition) is 2. The Kier molecular flexibility index (Phi) is 2.00. The quantitative estimate of drug-likeness (QED) is 0.449. The average molecular weight is 151 g/mol. The van der Waals surface area contributed by atoms with Gasteiger partial charge in [-0.1, -0.05) is 0 Å². The van der Waals surface area contributed by atoms with E-state index >= 15 is 0 Å². The van der Waals surface area contributed by atoms with E-state index in [1.165, 1.54) is 0 Å². The second-order valence-electron chi connectivity index (χ2n) is 1.98. The molecule has 58 valence electrons. The zero-order valence-electron chi connectivity index (χ0n) is 6.20. The number of aliphatic imine (C=N–C) groups is 2. The molecule has 0 spiro atoms. The van der Waals surface area contributed by atoms with Crippen LogP contribution in [0.3, 0.4) is 0 Å². The van der Waals surface area contributed by atoms with Gasteiger partial charge < -0.3 is 10.7 Å². The molecular weight excluding hydrogens is 142 g/mol. The predicted octanol–water partition coefficient (Wildman–Crippen LogP) is 0.365. The van der Waals surface area contributed by atoms with E-state index in [2.05, 4.69) is 26.7 Å². The Balaban J connectivity index is 2.94. The second kappa shape index (κ2) is 2.96. The van der Waals surface area contributed by atoms with Crippen molar-refractivity contribution in [2.24, 2.45) is 15.7 Å². The number of aromatic amines is 1. The molecule has 5 nitrogen and oxygen atoms in total. The van der Waals surface area contributed by atoms with Gasteiger partial charge in [0.15, 0.2) is 5.82 Å². The molecule has 0 fully saturated rings. The Morgan fingerprint density at radius 1 is 1.82 bits per heavy atom. The molecule has 1 rings (SSSR count). The highest BCUT2D eigenvalue weighted by atomic mass is 15.1. The van der Waals surface area contributed by atoms with E-state index in [1.54, 1.807) is 6.33 Å². The number of hydrogen-bond donors (Lipinski definition) is 2. The van der Waals surface area contributed by atoms with Crippen LogP contribution < -0.4 is 5.73 Å². The third-order valence-electron chi connectivity index (χ3n) is 1.19. The largest absolute Gasteiger partial charge is 0.368 e.